The van der Waals surface area contributed by atoms with Crippen LogP contribution < -0.4 is 5.32 Å². The van der Waals surface area contributed by atoms with Gasteiger partial charge in [-0.1, -0.05) is 12.1 Å². The summed E-state index contributed by atoms with van der Waals surface area (Å²) >= 11 is 0. The SMILES string of the molecule is Cc1ccc(C(O)c2ccc3c(c2)CCCC(=O)N3)o1. The Hall–Kier alpha value is -2.07. The fourth-order valence-electron chi connectivity index (χ4n) is 2.53. The molecule has 1 aromatic carbocycles. The third-order valence-corrected chi connectivity index (χ3v) is 3.60. The van der Waals surface area contributed by atoms with Crippen LogP contribution in [0.1, 0.15) is 41.6 Å². The van der Waals surface area contributed by atoms with Crippen molar-refractivity contribution in [3.8, 4) is 0 Å². The maximum Gasteiger partial charge on any atom is 0.224 e. The van der Waals surface area contributed by atoms with Gasteiger partial charge in [0.25, 0.3) is 0 Å². The Morgan fingerprint density at radius 3 is 2.85 bits per heavy atom. The maximum atomic E-state index is 11.5. The number of carbonyl (C=O) groups excluding carboxylic acids is 1. The highest BCUT2D eigenvalue weighted by Crippen LogP contribution is 2.29. The van der Waals surface area contributed by atoms with Crippen LogP contribution in [0.15, 0.2) is 34.7 Å². The van der Waals surface area contributed by atoms with Crippen molar-refractivity contribution in [3.05, 3.63) is 53.0 Å². The second-order valence-corrected chi connectivity index (χ2v) is 5.17. The molecule has 1 amide bonds. The number of amides is 1. The van der Waals surface area contributed by atoms with E-state index in [1.165, 1.54) is 0 Å². The van der Waals surface area contributed by atoms with Crippen molar-refractivity contribution >= 4 is 11.6 Å². The number of benzene rings is 1. The molecule has 2 N–H and O–H groups in total. The standard InChI is InChI=1S/C16H17NO3/c1-10-5-8-14(20-10)16(19)12-6-7-13-11(9-12)3-2-4-15(18)17-13/h5-9,16,19H,2-4H2,1H3,(H,17,18). The predicted octanol–water partition coefficient (Wildman–Crippen LogP) is 2.94. The molecule has 4 heteroatoms. The zero-order chi connectivity index (χ0) is 14.1. The van der Waals surface area contributed by atoms with Crippen LogP contribution in [-0.2, 0) is 11.2 Å². The number of anilines is 1. The predicted molar refractivity (Wildman–Crippen MR) is 75.5 cm³/mol. The fraction of sp³-hybridized carbons (Fsp3) is 0.312. The Labute approximate surface area is 117 Å². The largest absolute Gasteiger partial charge is 0.463 e. The molecule has 1 atom stereocenters. The number of hydrogen-bond acceptors (Lipinski definition) is 3. The van der Waals surface area contributed by atoms with Crippen LogP contribution in [-0.4, -0.2) is 11.0 Å². The lowest BCUT2D eigenvalue weighted by Crippen LogP contribution is -2.09. The summed E-state index contributed by atoms with van der Waals surface area (Å²) in [5, 5.41) is 13.2. The van der Waals surface area contributed by atoms with Crippen LogP contribution in [0.5, 0.6) is 0 Å². The molecule has 0 radical (unpaired) electrons. The third-order valence-electron chi connectivity index (χ3n) is 3.60. The van der Waals surface area contributed by atoms with E-state index in [2.05, 4.69) is 5.32 Å². The minimum Gasteiger partial charge on any atom is -0.463 e. The molecule has 0 saturated heterocycles. The van der Waals surface area contributed by atoms with E-state index in [0.29, 0.717) is 12.2 Å². The second-order valence-electron chi connectivity index (χ2n) is 5.17. The number of nitrogens with one attached hydrogen (secondary N) is 1. The molecule has 1 unspecified atom stereocenters. The van der Waals surface area contributed by atoms with Gasteiger partial charge >= 0.3 is 0 Å². The van der Waals surface area contributed by atoms with E-state index in [1.54, 1.807) is 6.07 Å². The molecule has 1 aliphatic rings. The molecular formula is C16H17NO3. The van der Waals surface area contributed by atoms with Crippen LogP contribution in [0.4, 0.5) is 5.69 Å². The summed E-state index contributed by atoms with van der Waals surface area (Å²) in [5.41, 5.74) is 2.70. The lowest BCUT2D eigenvalue weighted by Gasteiger charge is -2.12. The number of aryl methyl sites for hydroxylation is 2. The molecule has 20 heavy (non-hydrogen) atoms. The van der Waals surface area contributed by atoms with Crippen LogP contribution in [0.2, 0.25) is 0 Å². The molecule has 0 spiro atoms. The van der Waals surface area contributed by atoms with Crippen molar-refractivity contribution in [2.24, 2.45) is 0 Å². The van der Waals surface area contributed by atoms with Crippen molar-refractivity contribution in [3.63, 3.8) is 0 Å². The van der Waals surface area contributed by atoms with Crippen molar-refractivity contribution in [1.82, 2.24) is 0 Å². The van der Waals surface area contributed by atoms with Crippen molar-refractivity contribution < 1.29 is 14.3 Å². The number of fused-ring (bicyclic) bond motifs is 1. The fourth-order valence-corrected chi connectivity index (χ4v) is 2.53. The van der Waals surface area contributed by atoms with Gasteiger partial charge in [0.2, 0.25) is 5.91 Å². The van der Waals surface area contributed by atoms with E-state index in [1.807, 2.05) is 31.2 Å². The van der Waals surface area contributed by atoms with E-state index >= 15 is 0 Å². The van der Waals surface area contributed by atoms with Gasteiger partial charge in [0.1, 0.15) is 17.6 Å². The lowest BCUT2D eigenvalue weighted by molar-refractivity contribution is -0.116. The van der Waals surface area contributed by atoms with E-state index in [0.717, 1.165) is 35.4 Å². The first-order chi connectivity index (χ1) is 9.63. The van der Waals surface area contributed by atoms with E-state index in [4.69, 9.17) is 4.42 Å². The molecule has 0 bridgehead atoms. The van der Waals surface area contributed by atoms with E-state index in [9.17, 15) is 9.90 Å². The highest BCUT2D eigenvalue weighted by molar-refractivity contribution is 5.92. The van der Waals surface area contributed by atoms with Gasteiger partial charge in [-0.25, -0.2) is 0 Å². The van der Waals surface area contributed by atoms with Gasteiger partial charge in [-0.3, -0.25) is 4.79 Å². The molecule has 0 aliphatic carbocycles. The van der Waals surface area contributed by atoms with Crippen molar-refractivity contribution in [1.29, 1.82) is 0 Å². The summed E-state index contributed by atoms with van der Waals surface area (Å²) in [6.45, 7) is 1.85. The minimum atomic E-state index is -0.770. The Morgan fingerprint density at radius 1 is 1.25 bits per heavy atom. The third kappa shape index (κ3) is 2.47. The van der Waals surface area contributed by atoms with E-state index in [-0.39, 0.29) is 5.91 Å². The van der Waals surface area contributed by atoms with Gasteiger partial charge in [-0.2, -0.15) is 0 Å². The Kier molecular flexibility index (Phi) is 3.32. The molecule has 1 aromatic heterocycles. The molecule has 104 valence electrons. The van der Waals surface area contributed by atoms with Gasteiger partial charge in [0.05, 0.1) is 0 Å². The first-order valence-corrected chi connectivity index (χ1v) is 6.80. The van der Waals surface area contributed by atoms with Crippen LogP contribution in [0, 0.1) is 6.92 Å². The van der Waals surface area contributed by atoms with Gasteiger partial charge in [-0.05, 0) is 49.1 Å². The topological polar surface area (TPSA) is 62.5 Å². The first kappa shape index (κ1) is 12.9. The number of carbonyl (C=O) groups is 1. The average Bonchev–Trinajstić information content (AvgIpc) is 2.77. The molecule has 4 nitrogen and oxygen atoms in total. The number of rotatable bonds is 2. The van der Waals surface area contributed by atoms with Gasteiger partial charge in [0, 0.05) is 12.1 Å². The summed E-state index contributed by atoms with van der Waals surface area (Å²) in [6.07, 6.45) is 1.45. The summed E-state index contributed by atoms with van der Waals surface area (Å²) in [7, 11) is 0. The summed E-state index contributed by atoms with van der Waals surface area (Å²) < 4.78 is 5.47. The number of aliphatic hydroxyl groups excluding tert-OH is 1. The number of furan rings is 1. The molecule has 2 aromatic rings. The zero-order valence-electron chi connectivity index (χ0n) is 11.3. The molecular weight excluding hydrogens is 254 g/mol. The quantitative estimate of drug-likeness (QED) is 0.882. The Bertz CT molecular complexity index is 645. The molecule has 0 saturated carbocycles. The minimum absolute atomic E-state index is 0.0544. The second kappa shape index (κ2) is 5.13. The molecule has 2 heterocycles. The number of hydrogen-bond donors (Lipinski definition) is 2. The molecule has 3 rings (SSSR count). The van der Waals surface area contributed by atoms with Crippen molar-refractivity contribution in [2.45, 2.75) is 32.3 Å². The first-order valence-electron chi connectivity index (χ1n) is 6.80. The Morgan fingerprint density at radius 2 is 2.10 bits per heavy atom. The normalized spacial score (nSPS) is 16.2. The van der Waals surface area contributed by atoms with Gasteiger partial charge in [0.15, 0.2) is 0 Å². The van der Waals surface area contributed by atoms with Crippen LogP contribution in [0.3, 0.4) is 0 Å². The van der Waals surface area contributed by atoms with E-state index < -0.39 is 6.10 Å². The lowest BCUT2D eigenvalue weighted by atomic mass is 10.0. The summed E-state index contributed by atoms with van der Waals surface area (Å²) in [6, 6.07) is 9.25. The number of aliphatic hydroxyl groups is 1. The zero-order valence-corrected chi connectivity index (χ0v) is 11.3. The van der Waals surface area contributed by atoms with Gasteiger partial charge < -0.3 is 14.8 Å². The average molecular weight is 271 g/mol. The molecule has 0 fully saturated rings. The Balaban J connectivity index is 1.92. The highest BCUT2D eigenvalue weighted by atomic mass is 16.4. The molecule has 1 aliphatic heterocycles. The highest BCUT2D eigenvalue weighted by Gasteiger charge is 2.18. The summed E-state index contributed by atoms with van der Waals surface area (Å²) in [4.78, 5) is 11.5. The summed E-state index contributed by atoms with van der Waals surface area (Å²) in [5.74, 6) is 1.37. The monoisotopic (exact) mass is 271 g/mol. The van der Waals surface area contributed by atoms with Crippen LogP contribution >= 0.6 is 0 Å². The maximum absolute atomic E-state index is 11.5. The van der Waals surface area contributed by atoms with Gasteiger partial charge in [-0.15, -0.1) is 0 Å². The van der Waals surface area contributed by atoms with Crippen LogP contribution in [0.25, 0.3) is 0 Å². The smallest absolute Gasteiger partial charge is 0.224 e. The van der Waals surface area contributed by atoms with Crippen molar-refractivity contribution in [2.75, 3.05) is 5.32 Å².